The number of nitrogens with zero attached hydrogens (tertiary/aromatic N) is 3. The minimum atomic E-state index is -2.84. The maximum Gasteiger partial charge on any atom is 0.280 e. The summed E-state index contributed by atoms with van der Waals surface area (Å²) in [7, 11) is 0. The van der Waals surface area contributed by atoms with Crippen LogP contribution in [-0.2, 0) is 19.4 Å². The molecule has 1 amide bonds. The van der Waals surface area contributed by atoms with E-state index in [4.69, 9.17) is 0 Å². The summed E-state index contributed by atoms with van der Waals surface area (Å²) in [5.74, 6) is -0.700. The van der Waals surface area contributed by atoms with Gasteiger partial charge < -0.3 is 0 Å². The topological polar surface area (TPSA) is 92.7 Å². The van der Waals surface area contributed by atoms with Crippen molar-refractivity contribution in [1.82, 2.24) is 19.7 Å². The first kappa shape index (κ1) is 18.2. The van der Waals surface area contributed by atoms with Gasteiger partial charge in [0.05, 0.1) is 17.5 Å². The van der Waals surface area contributed by atoms with Gasteiger partial charge in [-0.15, -0.1) is 0 Å². The van der Waals surface area contributed by atoms with Crippen LogP contribution in [0, 0.1) is 5.92 Å². The van der Waals surface area contributed by atoms with Crippen molar-refractivity contribution in [2.75, 3.05) is 5.32 Å². The molecule has 140 valence electrons. The maximum atomic E-state index is 13.4. The van der Waals surface area contributed by atoms with E-state index in [0.29, 0.717) is 24.1 Å². The predicted octanol–water partition coefficient (Wildman–Crippen LogP) is 2.69. The lowest BCUT2D eigenvalue weighted by Crippen LogP contribution is -2.25. The molecule has 0 atom stereocenters. The molecule has 3 rings (SSSR count). The summed E-state index contributed by atoms with van der Waals surface area (Å²) >= 11 is 0. The smallest absolute Gasteiger partial charge is 0.280 e. The number of rotatable bonds is 5. The molecular weight excluding hydrogens is 344 g/mol. The number of nitrogens with one attached hydrogen (secondary N) is 2. The van der Waals surface area contributed by atoms with Crippen LogP contribution in [0.3, 0.4) is 0 Å². The van der Waals surface area contributed by atoms with Gasteiger partial charge in [0.2, 0.25) is 5.95 Å². The van der Waals surface area contributed by atoms with Crippen molar-refractivity contribution in [3.63, 3.8) is 0 Å². The van der Waals surface area contributed by atoms with Gasteiger partial charge in [0, 0.05) is 12.1 Å². The summed E-state index contributed by atoms with van der Waals surface area (Å²) < 4.78 is 28.0. The second-order valence-corrected chi connectivity index (χ2v) is 6.82. The molecule has 0 spiro atoms. The molecule has 0 fully saturated rings. The zero-order valence-electron chi connectivity index (χ0n) is 14.7. The fourth-order valence-electron chi connectivity index (χ4n) is 3.13. The van der Waals surface area contributed by atoms with Crippen molar-refractivity contribution in [3.8, 4) is 0 Å². The molecule has 1 aliphatic carbocycles. The number of amides is 1. The number of fused-ring (bicyclic) bond motifs is 1. The van der Waals surface area contributed by atoms with Crippen LogP contribution >= 0.6 is 0 Å². The van der Waals surface area contributed by atoms with Crippen LogP contribution in [0.25, 0.3) is 0 Å². The number of hydrogen-bond acceptors (Lipinski definition) is 4. The number of hydrogen-bond donors (Lipinski definition) is 2. The van der Waals surface area contributed by atoms with E-state index in [1.54, 1.807) is 0 Å². The van der Waals surface area contributed by atoms with Crippen LogP contribution in [0.5, 0.6) is 0 Å². The van der Waals surface area contributed by atoms with Crippen molar-refractivity contribution in [2.45, 2.75) is 52.5 Å². The van der Waals surface area contributed by atoms with Crippen molar-refractivity contribution < 1.29 is 13.6 Å². The molecule has 2 aromatic rings. The van der Waals surface area contributed by atoms with Crippen molar-refractivity contribution in [2.24, 2.45) is 5.92 Å². The predicted molar refractivity (Wildman–Crippen MR) is 91.5 cm³/mol. The van der Waals surface area contributed by atoms with E-state index in [0.717, 1.165) is 23.7 Å². The molecule has 26 heavy (non-hydrogen) atoms. The number of halogens is 2. The lowest BCUT2D eigenvalue weighted by atomic mass is 9.97. The fourth-order valence-corrected chi connectivity index (χ4v) is 3.13. The highest BCUT2D eigenvalue weighted by Gasteiger charge is 2.26. The molecular formula is C17H21F2N5O2. The van der Waals surface area contributed by atoms with Crippen LogP contribution in [0.15, 0.2) is 11.0 Å². The summed E-state index contributed by atoms with van der Waals surface area (Å²) in [6.07, 6.45) is 1.45. The van der Waals surface area contributed by atoms with Gasteiger partial charge in [-0.05, 0) is 31.6 Å². The average molecular weight is 365 g/mol. The molecule has 0 saturated carbocycles. The molecule has 0 bridgehead atoms. The van der Waals surface area contributed by atoms with E-state index in [9.17, 15) is 18.4 Å². The Hall–Kier alpha value is -2.58. The molecule has 1 aliphatic rings. The number of carbonyl (C=O) groups excluding carboxylic acids is 1. The Bertz CT molecular complexity index is 873. The first-order valence-corrected chi connectivity index (χ1v) is 8.64. The van der Waals surface area contributed by atoms with Crippen molar-refractivity contribution in [3.05, 3.63) is 39.1 Å². The summed E-state index contributed by atoms with van der Waals surface area (Å²) in [5, 5.41) is 6.33. The lowest BCUT2D eigenvalue weighted by molar-refractivity contribution is 0.100. The minimum absolute atomic E-state index is 0.0301. The van der Waals surface area contributed by atoms with E-state index >= 15 is 0 Å². The third-order valence-electron chi connectivity index (χ3n) is 4.29. The van der Waals surface area contributed by atoms with Gasteiger partial charge in [0.1, 0.15) is 5.69 Å². The van der Waals surface area contributed by atoms with E-state index < -0.39 is 18.0 Å². The Balaban J connectivity index is 1.88. The highest BCUT2D eigenvalue weighted by Crippen LogP contribution is 2.24. The van der Waals surface area contributed by atoms with Crippen LogP contribution in [0.1, 0.15) is 60.4 Å². The molecule has 0 unspecified atom stereocenters. The maximum absolute atomic E-state index is 13.4. The Labute approximate surface area is 148 Å². The molecule has 7 nitrogen and oxygen atoms in total. The first-order chi connectivity index (χ1) is 12.4. The van der Waals surface area contributed by atoms with Gasteiger partial charge in [-0.1, -0.05) is 13.8 Å². The van der Waals surface area contributed by atoms with E-state index in [2.05, 4.69) is 20.4 Å². The van der Waals surface area contributed by atoms with Gasteiger partial charge in [0.25, 0.3) is 17.9 Å². The van der Waals surface area contributed by atoms with E-state index in [-0.39, 0.29) is 29.5 Å². The van der Waals surface area contributed by atoms with Gasteiger partial charge in [0.15, 0.2) is 0 Å². The van der Waals surface area contributed by atoms with Crippen molar-refractivity contribution >= 4 is 11.9 Å². The van der Waals surface area contributed by atoms with Gasteiger partial charge in [-0.3, -0.25) is 24.6 Å². The van der Waals surface area contributed by atoms with Gasteiger partial charge >= 0.3 is 0 Å². The minimum Gasteiger partial charge on any atom is -0.292 e. The third-order valence-corrected chi connectivity index (χ3v) is 4.29. The summed E-state index contributed by atoms with van der Waals surface area (Å²) in [4.78, 5) is 31.4. The van der Waals surface area contributed by atoms with Crippen LogP contribution in [0.4, 0.5) is 14.7 Å². The Morgan fingerprint density at radius 1 is 1.35 bits per heavy atom. The molecule has 2 aromatic heterocycles. The summed E-state index contributed by atoms with van der Waals surface area (Å²) in [6.45, 7) is 4.03. The first-order valence-electron chi connectivity index (χ1n) is 8.64. The Kier molecular flexibility index (Phi) is 5.15. The number of carbonyl (C=O) groups is 1. The van der Waals surface area contributed by atoms with Gasteiger partial charge in [-0.25, -0.2) is 13.8 Å². The zero-order valence-corrected chi connectivity index (χ0v) is 14.7. The number of alkyl halides is 2. The molecule has 0 aliphatic heterocycles. The van der Waals surface area contributed by atoms with Gasteiger partial charge in [-0.2, -0.15) is 5.10 Å². The second-order valence-electron chi connectivity index (χ2n) is 6.82. The van der Waals surface area contributed by atoms with Crippen LogP contribution in [0.2, 0.25) is 0 Å². The SMILES string of the molecule is CC(C)Cn1ncc(C(=O)Nc2nc3c(c(=O)[nH]2)CCCC3)c1C(F)F. The summed E-state index contributed by atoms with van der Waals surface area (Å²) in [5.41, 5.74) is 0.333. The number of aromatic amines is 1. The third kappa shape index (κ3) is 3.66. The number of H-pyrrole nitrogens is 1. The molecule has 0 radical (unpaired) electrons. The standard InChI is InChI=1S/C17H21F2N5O2/c1-9(2)8-24-13(14(18)19)11(7-20-24)16(26)23-17-21-12-6-4-3-5-10(12)15(25)22-17/h7,9,14H,3-6,8H2,1-2H3,(H2,21,22,23,25,26). The highest BCUT2D eigenvalue weighted by molar-refractivity contribution is 6.04. The fraction of sp³-hybridized carbons (Fsp3) is 0.529. The molecule has 0 aromatic carbocycles. The average Bonchev–Trinajstić information content (AvgIpc) is 2.98. The molecule has 2 heterocycles. The normalized spacial score (nSPS) is 13.9. The monoisotopic (exact) mass is 365 g/mol. The molecule has 9 heteroatoms. The van der Waals surface area contributed by atoms with Crippen LogP contribution in [-0.4, -0.2) is 25.7 Å². The number of anilines is 1. The number of aromatic nitrogens is 4. The zero-order chi connectivity index (χ0) is 18.8. The molecule has 0 saturated heterocycles. The lowest BCUT2D eigenvalue weighted by Gasteiger charge is -2.15. The van der Waals surface area contributed by atoms with E-state index in [1.165, 1.54) is 0 Å². The quantitative estimate of drug-likeness (QED) is 0.852. The molecule has 2 N–H and O–H groups in total. The summed E-state index contributed by atoms with van der Waals surface area (Å²) in [6, 6.07) is 0. The van der Waals surface area contributed by atoms with Crippen LogP contribution < -0.4 is 10.9 Å². The second kappa shape index (κ2) is 7.35. The van der Waals surface area contributed by atoms with Crippen molar-refractivity contribution in [1.29, 1.82) is 0 Å². The largest absolute Gasteiger partial charge is 0.292 e. The Morgan fingerprint density at radius 2 is 2.08 bits per heavy atom. The highest BCUT2D eigenvalue weighted by atomic mass is 19.3. The number of aryl methyl sites for hydroxylation is 1. The Morgan fingerprint density at radius 3 is 2.77 bits per heavy atom. The van der Waals surface area contributed by atoms with E-state index in [1.807, 2.05) is 13.8 Å².